The first-order valence-corrected chi connectivity index (χ1v) is 21.7. The molecule has 9 heteroatoms. The van der Waals surface area contributed by atoms with Crippen molar-refractivity contribution < 1.29 is 22.7 Å². The van der Waals surface area contributed by atoms with Crippen LogP contribution in [0.1, 0.15) is 29.2 Å². The molecule has 0 aliphatic rings. The zero-order valence-electron chi connectivity index (χ0n) is 34.6. The average molecular weight is 809 g/mol. The highest BCUT2D eigenvalue weighted by molar-refractivity contribution is 7.99. The molecular formula is C49H56N6OS2+4. The van der Waals surface area contributed by atoms with E-state index in [1.165, 1.54) is 38.7 Å². The van der Waals surface area contributed by atoms with Crippen molar-refractivity contribution in [3.63, 3.8) is 0 Å². The smallest absolute Gasteiger partial charge is 0.393 e. The number of aryl methyl sites for hydroxylation is 4. The van der Waals surface area contributed by atoms with Crippen molar-refractivity contribution in [1.29, 1.82) is 0 Å². The normalized spacial score (nSPS) is 11.3. The number of pyridine rings is 3. The first-order valence-electron chi connectivity index (χ1n) is 19.8. The van der Waals surface area contributed by atoms with Crippen LogP contribution in [-0.2, 0) is 26.7 Å². The monoisotopic (exact) mass is 808 g/mol. The van der Waals surface area contributed by atoms with Gasteiger partial charge in [0.1, 0.15) is 7.05 Å². The number of benzene rings is 3. The molecule has 0 atom stereocenters. The average Bonchev–Trinajstić information content (AvgIpc) is 3.61. The number of aromatic nitrogens is 4. The van der Waals surface area contributed by atoms with Crippen LogP contribution in [0.4, 0.5) is 11.4 Å². The van der Waals surface area contributed by atoms with E-state index >= 15 is 0 Å². The molecule has 0 radical (unpaired) electrons. The van der Waals surface area contributed by atoms with Gasteiger partial charge in [0.2, 0.25) is 10.6 Å². The zero-order chi connectivity index (χ0) is 40.7. The second-order valence-corrected chi connectivity index (χ2v) is 16.5. The summed E-state index contributed by atoms with van der Waals surface area (Å²) in [5, 5.41) is 2.27. The summed E-state index contributed by atoms with van der Waals surface area (Å²) in [6.07, 6.45) is 19.3. The molecule has 0 N–H and O–H groups in total. The molecule has 0 aliphatic heterocycles. The molecule has 0 amide bonds. The molecular weight excluding hydrogens is 753 g/mol. The molecule has 0 bridgehead atoms. The van der Waals surface area contributed by atoms with Gasteiger partial charge in [0.15, 0.2) is 50.6 Å². The number of para-hydroxylation sites is 2. The predicted octanol–water partition coefficient (Wildman–Crippen LogP) is 8.88. The number of thioether (sulfide) groups is 2. The molecule has 7 aromatic rings. The van der Waals surface area contributed by atoms with Crippen LogP contribution in [0.3, 0.4) is 0 Å². The summed E-state index contributed by atoms with van der Waals surface area (Å²) in [5.41, 5.74) is 9.36. The lowest BCUT2D eigenvalue weighted by atomic mass is 10.1. The molecule has 0 unspecified atom stereocenters. The summed E-state index contributed by atoms with van der Waals surface area (Å²) in [4.78, 5) is 4.22. The van der Waals surface area contributed by atoms with E-state index in [4.69, 9.17) is 4.42 Å². The minimum absolute atomic E-state index is 0.908. The summed E-state index contributed by atoms with van der Waals surface area (Å²) < 4.78 is 14.9. The van der Waals surface area contributed by atoms with E-state index in [2.05, 4.69) is 229 Å². The maximum atomic E-state index is 6.05. The molecule has 0 spiro atoms. The van der Waals surface area contributed by atoms with Gasteiger partial charge >= 0.3 is 5.22 Å². The van der Waals surface area contributed by atoms with Crippen molar-refractivity contribution in [1.82, 2.24) is 0 Å². The lowest BCUT2D eigenvalue weighted by Crippen LogP contribution is -2.35. The molecule has 0 saturated carbocycles. The summed E-state index contributed by atoms with van der Waals surface area (Å²) in [7, 11) is 10.3. The van der Waals surface area contributed by atoms with E-state index in [9.17, 15) is 0 Å². The van der Waals surface area contributed by atoms with Crippen LogP contribution < -0.4 is 28.1 Å². The third-order valence-electron chi connectivity index (χ3n) is 9.66. The Hall–Kier alpha value is -5.64. The highest BCUT2D eigenvalue weighted by Crippen LogP contribution is 2.22. The summed E-state index contributed by atoms with van der Waals surface area (Å²) in [5.74, 6) is 2.01. The number of anilines is 2. The van der Waals surface area contributed by atoms with Crippen LogP contribution in [0.25, 0.3) is 35.4 Å². The third-order valence-corrected chi connectivity index (χ3v) is 11.7. The van der Waals surface area contributed by atoms with Crippen molar-refractivity contribution in [3.8, 4) is 0 Å². The van der Waals surface area contributed by atoms with Gasteiger partial charge in [-0.3, -0.25) is 0 Å². The number of hydrogen-bond donors (Lipinski definition) is 0. The Morgan fingerprint density at radius 2 is 1.00 bits per heavy atom. The summed E-state index contributed by atoms with van der Waals surface area (Å²) in [6, 6.07) is 40.3. The molecule has 0 aliphatic carbocycles. The van der Waals surface area contributed by atoms with Gasteiger partial charge in [0, 0.05) is 82.0 Å². The second-order valence-electron chi connectivity index (χ2n) is 14.3. The van der Waals surface area contributed by atoms with Crippen molar-refractivity contribution in [2.75, 3.05) is 49.5 Å². The Kier molecular flexibility index (Phi) is 15.4. The predicted molar refractivity (Wildman–Crippen MR) is 244 cm³/mol. The molecule has 296 valence electrons. The fraction of sp³-hybridized carbons (Fsp3) is 0.224. The van der Waals surface area contributed by atoms with Crippen LogP contribution >= 0.6 is 23.5 Å². The SMILES string of the molecule is CC[n+]1c(SCC[n+]2ccc(/C=C/c3ccc(N(C)C)cc3)cc2)oc2ccccc21.CN(C)c1ccc(/C=C/c2cc[n+](CCSc3cccc[n+]3C)cc2)cc1. The van der Waals surface area contributed by atoms with Crippen molar-refractivity contribution in [2.24, 2.45) is 7.05 Å². The Bertz CT molecular complexity index is 2390. The van der Waals surface area contributed by atoms with Crippen LogP contribution in [0, 0.1) is 0 Å². The number of rotatable bonds is 15. The summed E-state index contributed by atoms with van der Waals surface area (Å²) >= 11 is 3.65. The fourth-order valence-corrected chi connectivity index (χ4v) is 8.14. The van der Waals surface area contributed by atoms with Crippen molar-refractivity contribution in [2.45, 2.75) is 36.8 Å². The maximum absolute atomic E-state index is 6.05. The van der Waals surface area contributed by atoms with Gasteiger partial charge in [-0.1, -0.05) is 72.5 Å². The molecule has 0 saturated heterocycles. The molecule has 58 heavy (non-hydrogen) atoms. The first-order chi connectivity index (χ1) is 28.2. The second kappa shape index (κ2) is 21.2. The highest BCUT2D eigenvalue weighted by Gasteiger charge is 2.21. The van der Waals surface area contributed by atoms with Crippen LogP contribution in [0.5, 0.6) is 0 Å². The van der Waals surface area contributed by atoms with Gasteiger partial charge in [-0.2, -0.15) is 9.13 Å². The van der Waals surface area contributed by atoms with Gasteiger partial charge in [0.25, 0.3) is 5.52 Å². The Morgan fingerprint density at radius 3 is 1.48 bits per heavy atom. The van der Waals surface area contributed by atoms with Crippen molar-refractivity contribution >= 4 is 70.3 Å². The van der Waals surface area contributed by atoms with Crippen molar-refractivity contribution in [3.05, 3.63) is 168 Å². The number of oxazole rings is 1. The summed E-state index contributed by atoms with van der Waals surface area (Å²) in [6.45, 7) is 4.99. The standard InChI is InChI=1S/C26H29N3OS.C23H27N3S/c1-4-29-24-7-5-6-8-25(24)30-26(29)31-20-19-28-17-15-22(16-18-28)10-9-21-11-13-23(14-12-21)27(2)3;1-24(2)22-11-9-20(10-12-22)7-8-21-13-16-26(17-14-21)18-19-27-23-6-4-5-15-25(23)3/h5-18H,4,19-20H2,1-3H3;4-17H,18-19H2,1-3H3/q2*+2. The van der Waals surface area contributed by atoms with E-state index in [0.29, 0.717) is 0 Å². The fourth-order valence-electron chi connectivity index (χ4n) is 6.18. The Morgan fingerprint density at radius 1 is 0.534 bits per heavy atom. The largest absolute Gasteiger partial charge is 0.412 e. The van der Waals surface area contributed by atoms with Gasteiger partial charge in [-0.25, -0.2) is 9.13 Å². The first kappa shape index (κ1) is 42.0. The third kappa shape index (κ3) is 12.2. The van der Waals surface area contributed by atoms with Gasteiger partial charge in [-0.15, -0.1) is 0 Å². The van der Waals surface area contributed by atoms with Crippen LogP contribution in [0.2, 0.25) is 0 Å². The molecule has 7 nitrogen and oxygen atoms in total. The van der Waals surface area contributed by atoms with E-state index in [-0.39, 0.29) is 0 Å². The minimum atomic E-state index is 0.908. The molecule has 3 aromatic carbocycles. The van der Waals surface area contributed by atoms with E-state index < -0.39 is 0 Å². The topological polar surface area (TPSA) is 35.1 Å². The number of fused-ring (bicyclic) bond motifs is 1. The maximum Gasteiger partial charge on any atom is 0.412 e. The molecule has 4 heterocycles. The van der Waals surface area contributed by atoms with Gasteiger partial charge in [0.05, 0.1) is 11.5 Å². The minimum Gasteiger partial charge on any atom is -0.393 e. The van der Waals surface area contributed by atoms with E-state index in [1.807, 2.05) is 23.9 Å². The zero-order valence-corrected chi connectivity index (χ0v) is 36.2. The lowest BCUT2D eigenvalue weighted by Gasteiger charge is -2.11. The number of nitrogens with zero attached hydrogens (tertiary/aromatic N) is 6. The molecule has 4 aromatic heterocycles. The van der Waals surface area contributed by atoms with E-state index in [1.54, 1.807) is 11.8 Å². The van der Waals surface area contributed by atoms with Gasteiger partial charge in [-0.05, 0) is 77.3 Å². The lowest BCUT2D eigenvalue weighted by molar-refractivity contribution is -0.713. The van der Waals surface area contributed by atoms with E-state index in [0.717, 1.165) is 47.5 Å². The van der Waals surface area contributed by atoms with Crippen LogP contribution in [-0.4, -0.2) is 39.7 Å². The Labute approximate surface area is 353 Å². The molecule has 7 rings (SSSR count). The van der Waals surface area contributed by atoms with Gasteiger partial charge < -0.3 is 14.2 Å². The number of hydrogen-bond acceptors (Lipinski definition) is 5. The Balaban J connectivity index is 0.000000198. The van der Waals surface area contributed by atoms with Crippen LogP contribution in [0.15, 0.2) is 161 Å². The molecule has 0 fully saturated rings. The quantitative estimate of drug-likeness (QED) is 0.0765. The highest BCUT2D eigenvalue weighted by atomic mass is 32.2.